The molecular weight excluding hydrogens is 278 g/mol. The van der Waals surface area contributed by atoms with E-state index in [4.69, 9.17) is 4.98 Å². The average molecular weight is 301 g/mol. The fourth-order valence-corrected chi connectivity index (χ4v) is 3.59. The Morgan fingerprint density at radius 1 is 1.14 bits per heavy atom. The van der Waals surface area contributed by atoms with Crippen LogP contribution in [0.25, 0.3) is 10.6 Å². The molecule has 0 amide bonds. The van der Waals surface area contributed by atoms with E-state index in [2.05, 4.69) is 53.3 Å². The van der Waals surface area contributed by atoms with Gasteiger partial charge in [-0.25, -0.2) is 4.98 Å². The minimum absolute atomic E-state index is 0.986. The molecule has 112 valence electrons. The van der Waals surface area contributed by atoms with Gasteiger partial charge in [-0.05, 0) is 19.5 Å². The molecule has 3 nitrogen and oxygen atoms in total. The van der Waals surface area contributed by atoms with Crippen LogP contribution in [0.3, 0.4) is 0 Å². The zero-order valence-electron chi connectivity index (χ0n) is 12.9. The number of nitrogens with zero attached hydrogens (tertiary/aromatic N) is 3. The van der Waals surface area contributed by atoms with Crippen molar-refractivity contribution in [2.45, 2.75) is 20.4 Å². The van der Waals surface area contributed by atoms with Crippen molar-refractivity contribution in [2.24, 2.45) is 0 Å². The maximum absolute atomic E-state index is 4.82. The number of thiazole rings is 1. The van der Waals surface area contributed by atoms with Crippen LogP contribution < -0.4 is 0 Å². The Kier molecular flexibility index (Phi) is 4.68. The molecule has 1 aromatic carbocycles. The molecule has 3 rings (SSSR count). The fraction of sp³-hybridized carbons (Fsp3) is 0.471. The third kappa shape index (κ3) is 3.70. The monoisotopic (exact) mass is 301 g/mol. The second-order valence-electron chi connectivity index (χ2n) is 5.72. The first-order valence-electron chi connectivity index (χ1n) is 7.71. The number of aromatic nitrogens is 1. The predicted octanol–water partition coefficient (Wildman–Crippen LogP) is 3.26. The first-order valence-corrected chi connectivity index (χ1v) is 8.58. The molecule has 1 aliphatic rings. The molecule has 0 spiro atoms. The number of hydrogen-bond acceptors (Lipinski definition) is 4. The summed E-state index contributed by atoms with van der Waals surface area (Å²) in [5.74, 6) is 0. The summed E-state index contributed by atoms with van der Waals surface area (Å²) < 4.78 is 0. The van der Waals surface area contributed by atoms with E-state index < -0.39 is 0 Å². The summed E-state index contributed by atoms with van der Waals surface area (Å²) in [5.41, 5.74) is 3.74. The Morgan fingerprint density at radius 2 is 1.90 bits per heavy atom. The van der Waals surface area contributed by atoms with Gasteiger partial charge >= 0.3 is 0 Å². The van der Waals surface area contributed by atoms with E-state index in [1.54, 1.807) is 11.3 Å². The van der Waals surface area contributed by atoms with E-state index >= 15 is 0 Å². The Bertz CT molecular complexity index is 585. The highest BCUT2D eigenvalue weighted by Crippen LogP contribution is 2.25. The van der Waals surface area contributed by atoms with Crippen LogP contribution in [-0.4, -0.2) is 47.5 Å². The normalized spacial score (nSPS) is 17.2. The maximum Gasteiger partial charge on any atom is 0.123 e. The molecule has 0 unspecified atom stereocenters. The first-order chi connectivity index (χ1) is 10.2. The van der Waals surface area contributed by atoms with Gasteiger partial charge in [-0.1, -0.05) is 30.7 Å². The molecule has 1 aromatic heterocycles. The number of piperazine rings is 1. The van der Waals surface area contributed by atoms with Gasteiger partial charge in [-0.15, -0.1) is 11.3 Å². The van der Waals surface area contributed by atoms with Crippen LogP contribution in [0.5, 0.6) is 0 Å². The lowest BCUT2D eigenvalue weighted by molar-refractivity contribution is 0.131. The van der Waals surface area contributed by atoms with Crippen LogP contribution in [0, 0.1) is 6.92 Å². The van der Waals surface area contributed by atoms with E-state index in [1.165, 1.54) is 36.5 Å². The van der Waals surface area contributed by atoms with E-state index in [0.717, 1.165) is 24.6 Å². The highest BCUT2D eigenvalue weighted by molar-refractivity contribution is 7.13. The molecule has 0 atom stereocenters. The molecular formula is C17H23N3S. The largest absolute Gasteiger partial charge is 0.301 e. The van der Waals surface area contributed by atoms with Crippen LogP contribution in [-0.2, 0) is 6.54 Å². The van der Waals surface area contributed by atoms with Crippen LogP contribution in [0.1, 0.15) is 18.2 Å². The van der Waals surface area contributed by atoms with E-state index in [0.29, 0.717) is 0 Å². The predicted molar refractivity (Wildman–Crippen MR) is 89.7 cm³/mol. The molecule has 0 N–H and O–H groups in total. The second-order valence-corrected chi connectivity index (χ2v) is 6.58. The van der Waals surface area contributed by atoms with Gasteiger partial charge in [0.15, 0.2) is 0 Å². The van der Waals surface area contributed by atoms with Crippen molar-refractivity contribution in [1.29, 1.82) is 0 Å². The number of hydrogen-bond donors (Lipinski definition) is 0. The standard InChI is InChI=1S/C17H23N3S/c1-3-19-7-9-20(10-8-19)12-16-13-21-17(18-16)15-6-4-5-14(2)11-15/h4-6,11,13H,3,7-10,12H2,1-2H3. The van der Waals surface area contributed by atoms with Crippen molar-refractivity contribution in [3.63, 3.8) is 0 Å². The van der Waals surface area contributed by atoms with Gasteiger partial charge < -0.3 is 4.90 Å². The number of rotatable bonds is 4. The summed E-state index contributed by atoms with van der Waals surface area (Å²) in [7, 11) is 0. The van der Waals surface area contributed by atoms with Crippen molar-refractivity contribution >= 4 is 11.3 Å². The molecule has 21 heavy (non-hydrogen) atoms. The molecule has 2 heterocycles. The molecule has 1 fully saturated rings. The van der Waals surface area contributed by atoms with Gasteiger partial charge in [0.25, 0.3) is 0 Å². The summed E-state index contributed by atoms with van der Waals surface area (Å²) in [4.78, 5) is 9.84. The lowest BCUT2D eigenvalue weighted by atomic mass is 10.1. The molecule has 1 aliphatic heterocycles. The van der Waals surface area contributed by atoms with E-state index in [1.807, 2.05) is 0 Å². The fourth-order valence-electron chi connectivity index (χ4n) is 2.78. The molecule has 1 saturated heterocycles. The third-order valence-electron chi connectivity index (χ3n) is 4.11. The molecule has 0 bridgehead atoms. The smallest absolute Gasteiger partial charge is 0.123 e. The summed E-state index contributed by atoms with van der Waals surface area (Å²) in [6.45, 7) is 11.2. The SMILES string of the molecule is CCN1CCN(Cc2csc(-c3cccc(C)c3)n2)CC1. The molecule has 0 saturated carbocycles. The topological polar surface area (TPSA) is 19.4 Å². The van der Waals surface area contributed by atoms with Crippen molar-refractivity contribution in [2.75, 3.05) is 32.7 Å². The van der Waals surface area contributed by atoms with Crippen LogP contribution in [0.4, 0.5) is 0 Å². The number of aryl methyl sites for hydroxylation is 1. The van der Waals surface area contributed by atoms with Crippen LogP contribution in [0.15, 0.2) is 29.6 Å². The van der Waals surface area contributed by atoms with Gasteiger partial charge in [0.1, 0.15) is 5.01 Å². The van der Waals surface area contributed by atoms with Crippen molar-refractivity contribution in [3.8, 4) is 10.6 Å². The van der Waals surface area contributed by atoms with Crippen LogP contribution >= 0.6 is 11.3 Å². The van der Waals surface area contributed by atoms with Gasteiger partial charge in [0.2, 0.25) is 0 Å². The Morgan fingerprint density at radius 3 is 2.62 bits per heavy atom. The third-order valence-corrected chi connectivity index (χ3v) is 5.05. The summed E-state index contributed by atoms with van der Waals surface area (Å²) in [6, 6.07) is 8.60. The van der Waals surface area contributed by atoms with E-state index in [9.17, 15) is 0 Å². The highest BCUT2D eigenvalue weighted by atomic mass is 32.1. The Balaban J connectivity index is 1.63. The van der Waals surface area contributed by atoms with Crippen molar-refractivity contribution in [1.82, 2.24) is 14.8 Å². The molecule has 0 aliphatic carbocycles. The van der Waals surface area contributed by atoms with Crippen molar-refractivity contribution in [3.05, 3.63) is 40.9 Å². The Hall–Kier alpha value is -1.23. The summed E-state index contributed by atoms with van der Waals surface area (Å²) in [6.07, 6.45) is 0. The Labute approximate surface area is 131 Å². The van der Waals surface area contributed by atoms with Gasteiger partial charge in [-0.2, -0.15) is 0 Å². The zero-order valence-corrected chi connectivity index (χ0v) is 13.7. The first kappa shape index (κ1) is 14.7. The number of likely N-dealkylation sites (N-methyl/N-ethyl adjacent to an activating group) is 1. The molecule has 4 heteroatoms. The van der Waals surface area contributed by atoms with E-state index in [-0.39, 0.29) is 0 Å². The zero-order chi connectivity index (χ0) is 14.7. The minimum atomic E-state index is 0.986. The van der Waals surface area contributed by atoms with Crippen molar-refractivity contribution < 1.29 is 0 Å². The number of benzene rings is 1. The highest BCUT2D eigenvalue weighted by Gasteiger charge is 2.16. The minimum Gasteiger partial charge on any atom is -0.301 e. The van der Waals surface area contributed by atoms with Gasteiger partial charge in [0, 0.05) is 43.7 Å². The second kappa shape index (κ2) is 6.69. The summed E-state index contributed by atoms with van der Waals surface area (Å²) >= 11 is 1.76. The lowest BCUT2D eigenvalue weighted by Gasteiger charge is -2.33. The van der Waals surface area contributed by atoms with Gasteiger partial charge in [-0.3, -0.25) is 4.90 Å². The van der Waals surface area contributed by atoms with Crippen LogP contribution in [0.2, 0.25) is 0 Å². The average Bonchev–Trinajstić information content (AvgIpc) is 2.97. The lowest BCUT2D eigenvalue weighted by Crippen LogP contribution is -2.45. The molecule has 0 radical (unpaired) electrons. The molecule has 2 aromatic rings. The summed E-state index contributed by atoms with van der Waals surface area (Å²) in [5, 5.41) is 3.35. The van der Waals surface area contributed by atoms with Gasteiger partial charge in [0.05, 0.1) is 5.69 Å². The maximum atomic E-state index is 4.82. The quantitative estimate of drug-likeness (QED) is 0.864.